The van der Waals surface area contributed by atoms with Crippen molar-refractivity contribution in [2.24, 2.45) is 63.5 Å². The van der Waals surface area contributed by atoms with E-state index in [1.165, 1.54) is 51.4 Å². The number of rotatable bonds is 23. The SMILES string of the molecule is CCCCCCCCNC(=O)CCC(C)C1CC[C@H]2C3[C@H](OCCCN)CC4C[C@H](OCCCN)CC[C@]4(C)[C@H]3C[C@H](OCCCN)[C@]12C. The average molecular weight is 691 g/mol. The molecule has 4 rings (SSSR count). The number of carbonyl (C=O) groups excluding carboxylic acids is 1. The van der Waals surface area contributed by atoms with Gasteiger partial charge in [-0.3, -0.25) is 4.79 Å². The van der Waals surface area contributed by atoms with E-state index in [0.29, 0.717) is 67.7 Å². The van der Waals surface area contributed by atoms with Crippen LogP contribution in [-0.2, 0) is 19.0 Å². The molecule has 8 heteroatoms. The van der Waals surface area contributed by atoms with Gasteiger partial charge in [0.25, 0.3) is 0 Å². The smallest absolute Gasteiger partial charge is 0.220 e. The van der Waals surface area contributed by atoms with Crippen LogP contribution in [0.3, 0.4) is 0 Å². The van der Waals surface area contributed by atoms with Crippen molar-refractivity contribution in [3.05, 3.63) is 0 Å². The van der Waals surface area contributed by atoms with Crippen LogP contribution in [0.1, 0.15) is 143 Å². The molecule has 49 heavy (non-hydrogen) atoms. The average Bonchev–Trinajstić information content (AvgIpc) is 3.45. The lowest BCUT2D eigenvalue weighted by molar-refractivity contribution is -0.227. The molecule has 4 saturated carbocycles. The van der Waals surface area contributed by atoms with Gasteiger partial charge in [-0.2, -0.15) is 0 Å². The standard InChI is InChI=1S/C41H78N4O4/c1-5-6-7-8-9-10-23-45-38(46)17-14-30(2)33-15-16-34-39-35(29-37(41(33,34)4)49-26-13-22-44)40(3)19-18-32(47-24-11-20-42)27-31(40)28-36(39)48-25-12-21-43/h30-37,39H,5-29,42-44H2,1-4H3,(H,45,46)/t30?,31?,32-,33?,34+,35+,36-,37+,39?,40+,41-/m1/s1. The Morgan fingerprint density at radius 2 is 1.47 bits per heavy atom. The predicted molar refractivity (Wildman–Crippen MR) is 201 cm³/mol. The summed E-state index contributed by atoms with van der Waals surface area (Å²) in [6.45, 7) is 14.9. The normalized spacial score (nSPS) is 36.1. The van der Waals surface area contributed by atoms with Crippen LogP contribution in [0, 0.1) is 46.3 Å². The van der Waals surface area contributed by atoms with E-state index in [1.807, 2.05) is 0 Å². The fourth-order valence-electron chi connectivity index (χ4n) is 11.4. The molecule has 0 saturated heterocycles. The van der Waals surface area contributed by atoms with Crippen molar-refractivity contribution in [3.63, 3.8) is 0 Å². The molecule has 8 nitrogen and oxygen atoms in total. The monoisotopic (exact) mass is 691 g/mol. The van der Waals surface area contributed by atoms with Gasteiger partial charge in [0, 0.05) is 38.2 Å². The summed E-state index contributed by atoms with van der Waals surface area (Å²) in [6.07, 6.45) is 20.8. The zero-order valence-corrected chi connectivity index (χ0v) is 32.2. The summed E-state index contributed by atoms with van der Waals surface area (Å²) in [5.41, 5.74) is 18.1. The van der Waals surface area contributed by atoms with Gasteiger partial charge in [0.15, 0.2) is 0 Å². The molecule has 11 atom stereocenters. The summed E-state index contributed by atoms with van der Waals surface area (Å²) in [5, 5.41) is 3.23. The number of ether oxygens (including phenoxy) is 3. The second-order valence-corrected chi connectivity index (χ2v) is 17.1. The highest BCUT2D eigenvalue weighted by atomic mass is 16.5. The molecule has 4 aliphatic rings. The van der Waals surface area contributed by atoms with E-state index in [4.69, 9.17) is 31.4 Å². The second kappa shape index (κ2) is 20.5. The van der Waals surface area contributed by atoms with Gasteiger partial charge in [0.1, 0.15) is 0 Å². The number of amides is 1. The van der Waals surface area contributed by atoms with Crippen LogP contribution < -0.4 is 22.5 Å². The second-order valence-electron chi connectivity index (χ2n) is 17.1. The number of fused-ring (bicyclic) bond motifs is 5. The lowest BCUT2D eigenvalue weighted by Crippen LogP contribution is -2.63. The lowest BCUT2D eigenvalue weighted by atomic mass is 9.43. The first-order valence-corrected chi connectivity index (χ1v) is 21.0. The topological polar surface area (TPSA) is 135 Å². The van der Waals surface area contributed by atoms with Crippen LogP contribution in [0.25, 0.3) is 0 Å². The molecular weight excluding hydrogens is 612 g/mol. The van der Waals surface area contributed by atoms with Gasteiger partial charge in [-0.1, -0.05) is 59.8 Å². The Hall–Kier alpha value is -0.770. The summed E-state index contributed by atoms with van der Waals surface area (Å²) in [6, 6.07) is 0. The summed E-state index contributed by atoms with van der Waals surface area (Å²) in [4.78, 5) is 12.9. The molecule has 0 aromatic carbocycles. The first-order valence-electron chi connectivity index (χ1n) is 21.0. The minimum Gasteiger partial charge on any atom is -0.378 e. The number of carbonyl (C=O) groups is 1. The summed E-state index contributed by atoms with van der Waals surface area (Å²) < 4.78 is 20.3. The maximum absolute atomic E-state index is 12.9. The minimum absolute atomic E-state index is 0.0609. The van der Waals surface area contributed by atoms with Gasteiger partial charge in [0.2, 0.25) is 5.91 Å². The van der Waals surface area contributed by atoms with E-state index >= 15 is 0 Å². The van der Waals surface area contributed by atoms with Gasteiger partial charge in [0.05, 0.1) is 18.3 Å². The first-order chi connectivity index (χ1) is 23.7. The van der Waals surface area contributed by atoms with Crippen LogP contribution in [0.4, 0.5) is 0 Å². The third-order valence-corrected chi connectivity index (χ3v) is 14.2. The number of nitrogens with one attached hydrogen (secondary N) is 1. The minimum atomic E-state index is 0.0609. The Labute approximate surface area is 300 Å². The van der Waals surface area contributed by atoms with Crippen molar-refractivity contribution in [3.8, 4) is 0 Å². The van der Waals surface area contributed by atoms with Crippen LogP contribution in [0.2, 0.25) is 0 Å². The maximum atomic E-state index is 12.9. The summed E-state index contributed by atoms with van der Waals surface area (Å²) in [5.74, 6) is 3.48. The zero-order valence-electron chi connectivity index (χ0n) is 32.2. The number of hydrogen-bond donors (Lipinski definition) is 4. The quantitative estimate of drug-likeness (QED) is 0.0852. The summed E-state index contributed by atoms with van der Waals surface area (Å²) >= 11 is 0. The van der Waals surface area contributed by atoms with Crippen molar-refractivity contribution in [2.45, 2.75) is 162 Å². The fourth-order valence-corrected chi connectivity index (χ4v) is 11.4. The number of hydrogen-bond acceptors (Lipinski definition) is 7. The number of nitrogens with two attached hydrogens (primary N) is 3. The molecule has 0 aromatic heterocycles. The largest absolute Gasteiger partial charge is 0.378 e. The summed E-state index contributed by atoms with van der Waals surface area (Å²) in [7, 11) is 0. The molecule has 4 fully saturated rings. The van der Waals surface area contributed by atoms with Gasteiger partial charge in [-0.15, -0.1) is 0 Å². The Bertz CT molecular complexity index is 954. The Morgan fingerprint density at radius 3 is 2.18 bits per heavy atom. The molecule has 7 N–H and O–H groups in total. The van der Waals surface area contributed by atoms with Gasteiger partial charge < -0.3 is 36.7 Å². The highest BCUT2D eigenvalue weighted by Crippen LogP contribution is 2.69. The van der Waals surface area contributed by atoms with E-state index in [2.05, 4.69) is 33.0 Å². The van der Waals surface area contributed by atoms with Gasteiger partial charge in [-0.25, -0.2) is 0 Å². The van der Waals surface area contributed by atoms with Crippen molar-refractivity contribution in [2.75, 3.05) is 46.0 Å². The number of unbranched alkanes of at least 4 members (excludes halogenated alkanes) is 5. The van der Waals surface area contributed by atoms with Crippen LogP contribution in [0.15, 0.2) is 0 Å². The molecule has 0 aromatic rings. The highest BCUT2D eigenvalue weighted by Gasteiger charge is 2.66. The predicted octanol–water partition coefficient (Wildman–Crippen LogP) is 6.96. The first kappa shape index (κ1) is 41.0. The third kappa shape index (κ3) is 10.2. The van der Waals surface area contributed by atoms with Crippen LogP contribution in [0.5, 0.6) is 0 Å². The third-order valence-electron chi connectivity index (χ3n) is 14.2. The van der Waals surface area contributed by atoms with Crippen molar-refractivity contribution < 1.29 is 19.0 Å². The fraction of sp³-hybridized carbons (Fsp3) is 0.976. The molecule has 4 unspecified atom stereocenters. The van der Waals surface area contributed by atoms with E-state index < -0.39 is 0 Å². The Balaban J connectivity index is 1.49. The Kier molecular flexibility index (Phi) is 17.1. The molecule has 0 bridgehead atoms. The molecule has 4 aliphatic carbocycles. The molecule has 1 amide bonds. The molecule has 0 heterocycles. The van der Waals surface area contributed by atoms with Crippen molar-refractivity contribution in [1.29, 1.82) is 0 Å². The van der Waals surface area contributed by atoms with Crippen LogP contribution >= 0.6 is 0 Å². The van der Waals surface area contributed by atoms with Crippen LogP contribution in [-0.4, -0.2) is 70.2 Å². The van der Waals surface area contributed by atoms with Gasteiger partial charge >= 0.3 is 0 Å². The zero-order chi connectivity index (χ0) is 35.3. The van der Waals surface area contributed by atoms with E-state index in [9.17, 15) is 4.79 Å². The Morgan fingerprint density at radius 1 is 0.796 bits per heavy atom. The lowest BCUT2D eigenvalue weighted by Gasteiger charge is -2.65. The van der Waals surface area contributed by atoms with E-state index in [1.54, 1.807) is 0 Å². The highest BCUT2D eigenvalue weighted by molar-refractivity contribution is 5.75. The van der Waals surface area contributed by atoms with E-state index in [0.717, 1.165) is 84.2 Å². The molecular formula is C41H78N4O4. The van der Waals surface area contributed by atoms with Gasteiger partial charge in [-0.05, 0) is 138 Å². The molecule has 0 spiro atoms. The molecule has 0 radical (unpaired) electrons. The van der Waals surface area contributed by atoms with Crippen molar-refractivity contribution in [1.82, 2.24) is 5.32 Å². The molecule has 286 valence electrons. The maximum Gasteiger partial charge on any atom is 0.220 e. The molecule has 0 aliphatic heterocycles. The van der Waals surface area contributed by atoms with E-state index in [-0.39, 0.29) is 28.9 Å². The van der Waals surface area contributed by atoms with Crippen molar-refractivity contribution >= 4 is 5.91 Å².